The number of carboxylic acid groups (broad SMARTS) is 1. The normalized spacial score (nSPS) is 14.1. The van der Waals surface area contributed by atoms with E-state index in [-0.39, 0.29) is 25.2 Å². The van der Waals surface area contributed by atoms with Gasteiger partial charge in [0.2, 0.25) is 17.7 Å². The molecular weight excluding hydrogens is 516 g/mol. The Bertz CT molecular complexity index is 1070. The number of hydrogen-bond acceptors (Lipinski definition) is 6. The molecule has 0 aliphatic rings. The lowest BCUT2D eigenvalue weighted by molar-refractivity contribution is -0.142. The molecule has 4 atom stereocenters. The first-order valence-electron chi connectivity index (χ1n) is 13.1. The Hall–Kier alpha value is -3.37. The number of hydrogen-bond donors (Lipinski definition) is 5. The third-order valence-corrected chi connectivity index (χ3v) is 6.77. The first kappa shape index (κ1) is 31.8. The minimum absolute atomic E-state index is 0.0283. The molecule has 0 aromatic heterocycles. The SMILES string of the molecule is CSCCC(N)C(=O)NC(Cc1ccccc1)C(=O)NC(CC(C)C)C(=O)NC(Cc1ccccc1)C(=O)O. The molecule has 0 spiro atoms. The van der Waals surface area contributed by atoms with E-state index < -0.39 is 47.9 Å². The van der Waals surface area contributed by atoms with E-state index in [1.807, 2.05) is 56.5 Å². The number of rotatable bonds is 16. The van der Waals surface area contributed by atoms with E-state index in [0.717, 1.165) is 11.1 Å². The van der Waals surface area contributed by atoms with Gasteiger partial charge in [0, 0.05) is 12.8 Å². The lowest BCUT2D eigenvalue weighted by atomic mass is 10.00. The fraction of sp³-hybridized carbons (Fsp3) is 0.448. The number of thioether (sulfide) groups is 1. The third kappa shape index (κ3) is 11.5. The summed E-state index contributed by atoms with van der Waals surface area (Å²) < 4.78 is 0. The predicted octanol–water partition coefficient (Wildman–Crippen LogP) is 2.14. The maximum Gasteiger partial charge on any atom is 0.326 e. The smallest absolute Gasteiger partial charge is 0.326 e. The second-order valence-corrected chi connectivity index (χ2v) is 10.9. The zero-order valence-corrected chi connectivity index (χ0v) is 23.6. The molecule has 6 N–H and O–H groups in total. The molecule has 9 nitrogen and oxygen atoms in total. The highest BCUT2D eigenvalue weighted by Gasteiger charge is 2.31. The molecule has 0 radical (unpaired) electrons. The van der Waals surface area contributed by atoms with Crippen molar-refractivity contribution in [3.05, 3.63) is 71.8 Å². The Morgan fingerprint density at radius 3 is 1.72 bits per heavy atom. The average Bonchev–Trinajstić information content (AvgIpc) is 2.91. The number of benzene rings is 2. The minimum atomic E-state index is -1.17. The second kappa shape index (κ2) is 16.6. The molecule has 0 bridgehead atoms. The van der Waals surface area contributed by atoms with Gasteiger partial charge < -0.3 is 26.8 Å². The van der Waals surface area contributed by atoms with Crippen molar-refractivity contribution in [3.63, 3.8) is 0 Å². The summed E-state index contributed by atoms with van der Waals surface area (Å²) in [4.78, 5) is 51.4. The molecular formula is C29H40N4O5S. The van der Waals surface area contributed by atoms with Crippen molar-refractivity contribution in [1.29, 1.82) is 0 Å². The number of nitrogens with one attached hydrogen (secondary N) is 3. The van der Waals surface area contributed by atoms with Gasteiger partial charge in [0.15, 0.2) is 0 Å². The number of amides is 3. The molecule has 0 saturated heterocycles. The first-order chi connectivity index (χ1) is 18.6. The predicted molar refractivity (Wildman–Crippen MR) is 154 cm³/mol. The molecule has 0 fully saturated rings. The van der Waals surface area contributed by atoms with E-state index in [1.54, 1.807) is 36.0 Å². The summed E-state index contributed by atoms with van der Waals surface area (Å²) >= 11 is 1.57. The standard InChI is InChI=1S/C29H40N4O5S/c1-19(2)16-23(27(35)33-25(29(37)38)18-21-12-8-5-9-13-21)32-28(36)24(17-20-10-6-4-7-11-20)31-26(34)22(30)14-15-39-3/h4-13,19,22-25H,14-18,30H2,1-3H3,(H,31,34)(H,32,36)(H,33,35)(H,37,38). The third-order valence-electron chi connectivity index (χ3n) is 6.12. The number of carbonyl (C=O) groups is 4. The highest BCUT2D eigenvalue weighted by atomic mass is 32.2. The van der Waals surface area contributed by atoms with E-state index in [0.29, 0.717) is 12.2 Å². The molecule has 212 valence electrons. The average molecular weight is 557 g/mol. The Labute approximate surface area is 234 Å². The zero-order chi connectivity index (χ0) is 28.8. The highest BCUT2D eigenvalue weighted by Crippen LogP contribution is 2.10. The van der Waals surface area contributed by atoms with Crippen molar-refractivity contribution in [2.45, 2.75) is 63.7 Å². The van der Waals surface area contributed by atoms with Crippen LogP contribution in [-0.4, -0.2) is 65.0 Å². The largest absolute Gasteiger partial charge is 0.480 e. The van der Waals surface area contributed by atoms with Gasteiger partial charge in [-0.1, -0.05) is 74.5 Å². The second-order valence-electron chi connectivity index (χ2n) is 9.92. The van der Waals surface area contributed by atoms with Crippen LogP contribution in [0, 0.1) is 5.92 Å². The summed E-state index contributed by atoms with van der Waals surface area (Å²) in [5.41, 5.74) is 7.62. The summed E-state index contributed by atoms with van der Waals surface area (Å²) in [6.07, 6.45) is 2.98. The molecule has 10 heteroatoms. The van der Waals surface area contributed by atoms with Gasteiger partial charge >= 0.3 is 5.97 Å². The maximum atomic E-state index is 13.5. The van der Waals surface area contributed by atoms with Crippen molar-refractivity contribution in [1.82, 2.24) is 16.0 Å². The van der Waals surface area contributed by atoms with Crippen LogP contribution in [0.25, 0.3) is 0 Å². The quantitative estimate of drug-likeness (QED) is 0.213. The van der Waals surface area contributed by atoms with Gasteiger partial charge in [-0.2, -0.15) is 11.8 Å². The molecule has 4 unspecified atom stereocenters. The molecule has 3 amide bonds. The molecule has 0 aliphatic carbocycles. The van der Waals surface area contributed by atoms with E-state index in [9.17, 15) is 24.3 Å². The van der Waals surface area contributed by atoms with Crippen LogP contribution in [0.4, 0.5) is 0 Å². The molecule has 39 heavy (non-hydrogen) atoms. The van der Waals surface area contributed by atoms with E-state index >= 15 is 0 Å². The van der Waals surface area contributed by atoms with Crippen molar-refractivity contribution >= 4 is 35.5 Å². The number of carbonyl (C=O) groups excluding carboxylic acids is 3. The van der Waals surface area contributed by atoms with Crippen LogP contribution in [-0.2, 0) is 32.0 Å². The van der Waals surface area contributed by atoms with Crippen LogP contribution >= 0.6 is 11.8 Å². The number of aliphatic carboxylic acids is 1. The van der Waals surface area contributed by atoms with Crippen LogP contribution in [0.1, 0.15) is 37.8 Å². The Morgan fingerprint density at radius 2 is 1.23 bits per heavy atom. The Morgan fingerprint density at radius 1 is 0.769 bits per heavy atom. The molecule has 0 aliphatic heterocycles. The monoisotopic (exact) mass is 556 g/mol. The van der Waals surface area contributed by atoms with Gasteiger partial charge in [0.25, 0.3) is 0 Å². The van der Waals surface area contributed by atoms with Gasteiger partial charge in [-0.05, 0) is 41.9 Å². The van der Waals surface area contributed by atoms with Gasteiger partial charge in [-0.15, -0.1) is 0 Å². The van der Waals surface area contributed by atoms with Crippen LogP contribution in [0.2, 0.25) is 0 Å². The number of carboxylic acids is 1. The van der Waals surface area contributed by atoms with Gasteiger partial charge in [0.1, 0.15) is 18.1 Å². The van der Waals surface area contributed by atoms with Gasteiger partial charge in [0.05, 0.1) is 6.04 Å². The topological polar surface area (TPSA) is 151 Å². The fourth-order valence-electron chi connectivity index (χ4n) is 4.01. The fourth-order valence-corrected chi connectivity index (χ4v) is 4.50. The molecule has 2 rings (SSSR count). The molecule has 2 aromatic carbocycles. The van der Waals surface area contributed by atoms with E-state index in [4.69, 9.17) is 5.73 Å². The van der Waals surface area contributed by atoms with Crippen molar-refractivity contribution in [3.8, 4) is 0 Å². The maximum absolute atomic E-state index is 13.5. The van der Waals surface area contributed by atoms with E-state index in [2.05, 4.69) is 16.0 Å². The summed E-state index contributed by atoms with van der Waals surface area (Å²) in [6.45, 7) is 3.80. The summed E-state index contributed by atoms with van der Waals surface area (Å²) in [6, 6.07) is 14.3. The Balaban J connectivity index is 2.20. The van der Waals surface area contributed by atoms with Crippen LogP contribution in [0.15, 0.2) is 60.7 Å². The summed E-state index contributed by atoms with van der Waals surface area (Å²) in [5, 5.41) is 17.8. The minimum Gasteiger partial charge on any atom is -0.480 e. The van der Waals surface area contributed by atoms with Gasteiger partial charge in [-0.3, -0.25) is 14.4 Å². The summed E-state index contributed by atoms with van der Waals surface area (Å²) in [5.74, 6) is -2.02. The zero-order valence-electron chi connectivity index (χ0n) is 22.8. The number of nitrogens with two attached hydrogens (primary N) is 1. The van der Waals surface area contributed by atoms with Crippen molar-refractivity contribution in [2.75, 3.05) is 12.0 Å². The highest BCUT2D eigenvalue weighted by molar-refractivity contribution is 7.98. The summed E-state index contributed by atoms with van der Waals surface area (Å²) in [7, 11) is 0. The van der Waals surface area contributed by atoms with Gasteiger partial charge in [-0.25, -0.2) is 4.79 Å². The lowest BCUT2D eigenvalue weighted by Crippen LogP contribution is -2.58. The van der Waals surface area contributed by atoms with Crippen LogP contribution in [0.3, 0.4) is 0 Å². The molecule has 0 heterocycles. The van der Waals surface area contributed by atoms with Crippen LogP contribution in [0.5, 0.6) is 0 Å². The van der Waals surface area contributed by atoms with Crippen LogP contribution < -0.4 is 21.7 Å². The lowest BCUT2D eigenvalue weighted by Gasteiger charge is -2.26. The van der Waals surface area contributed by atoms with E-state index in [1.165, 1.54) is 0 Å². The first-order valence-corrected chi connectivity index (χ1v) is 14.5. The molecule has 2 aromatic rings. The van der Waals surface area contributed by atoms with Crippen molar-refractivity contribution in [2.24, 2.45) is 11.7 Å². The molecule has 0 saturated carbocycles. The Kier molecular flexibility index (Phi) is 13.5. The van der Waals surface area contributed by atoms with Crippen molar-refractivity contribution < 1.29 is 24.3 Å².